The quantitative estimate of drug-likeness (QED) is 0.552. The first-order valence-electron chi connectivity index (χ1n) is 8.78. The summed E-state index contributed by atoms with van der Waals surface area (Å²) in [5.74, 6) is 0.148. The average molecular weight is 314 g/mol. The average Bonchev–Trinajstić information content (AvgIpc) is 2.92. The van der Waals surface area contributed by atoms with Gasteiger partial charge in [0, 0.05) is 17.8 Å². The molecule has 0 bridgehead atoms. The van der Waals surface area contributed by atoms with Gasteiger partial charge in [-0.15, -0.1) is 0 Å². The number of aliphatic hydroxyl groups is 1. The topological polar surface area (TPSA) is 54.4 Å². The Morgan fingerprint density at radius 2 is 1.78 bits per heavy atom. The molecule has 0 heterocycles. The summed E-state index contributed by atoms with van der Waals surface area (Å²) in [4.78, 5) is 26.4. The van der Waals surface area contributed by atoms with Crippen molar-refractivity contribution >= 4 is 11.6 Å². The van der Waals surface area contributed by atoms with Gasteiger partial charge in [-0.2, -0.15) is 0 Å². The highest BCUT2D eigenvalue weighted by molar-refractivity contribution is 6.16. The summed E-state index contributed by atoms with van der Waals surface area (Å²) in [7, 11) is 0. The fraction of sp³-hybridized carbons (Fsp3) is 0.700. The number of rotatable bonds is 0. The molecule has 2 saturated carbocycles. The molecule has 0 unspecified atom stereocenters. The first-order valence-corrected chi connectivity index (χ1v) is 8.78. The van der Waals surface area contributed by atoms with Gasteiger partial charge in [0.25, 0.3) is 0 Å². The van der Waals surface area contributed by atoms with Crippen LogP contribution in [0.4, 0.5) is 0 Å². The number of hydrogen-bond acceptors (Lipinski definition) is 3. The monoisotopic (exact) mass is 314 g/mol. The van der Waals surface area contributed by atoms with Crippen LogP contribution in [0.2, 0.25) is 0 Å². The van der Waals surface area contributed by atoms with Crippen LogP contribution in [-0.2, 0) is 9.59 Å². The van der Waals surface area contributed by atoms with Crippen molar-refractivity contribution in [1.82, 2.24) is 0 Å². The van der Waals surface area contributed by atoms with Crippen LogP contribution in [0.5, 0.6) is 0 Å². The maximum Gasteiger partial charge on any atom is 0.170 e. The fourth-order valence-corrected chi connectivity index (χ4v) is 6.22. The lowest BCUT2D eigenvalue weighted by atomic mass is 9.54. The summed E-state index contributed by atoms with van der Waals surface area (Å²) in [6.45, 7) is 10.3. The lowest BCUT2D eigenvalue weighted by Gasteiger charge is -2.46. The van der Waals surface area contributed by atoms with Crippen molar-refractivity contribution in [3.8, 4) is 0 Å². The van der Waals surface area contributed by atoms with Crippen LogP contribution in [-0.4, -0.2) is 22.8 Å². The van der Waals surface area contributed by atoms with E-state index in [9.17, 15) is 14.7 Å². The summed E-state index contributed by atoms with van der Waals surface area (Å²) in [6, 6.07) is 0. The normalized spacial score (nSPS) is 50.3. The number of carbonyl (C=O) groups excluding carboxylic acids is 2. The molecule has 0 radical (unpaired) electrons. The van der Waals surface area contributed by atoms with Crippen molar-refractivity contribution in [2.75, 3.05) is 0 Å². The van der Waals surface area contributed by atoms with Crippen molar-refractivity contribution in [3.05, 3.63) is 23.3 Å². The van der Waals surface area contributed by atoms with Gasteiger partial charge in [0.15, 0.2) is 11.6 Å². The summed E-state index contributed by atoms with van der Waals surface area (Å²) in [6.07, 6.45) is 3.82. The van der Waals surface area contributed by atoms with Gasteiger partial charge in [-0.1, -0.05) is 32.4 Å². The minimum atomic E-state index is -1.05. The minimum absolute atomic E-state index is 0.0620. The standard InChI is InChI=1S/C20H26O3/c1-9-8-14(21)20-12(9)6-10(2)17(22)16(20)15-13(19(15,4)5)7-11(3)18(20)23/h6,8,11-13,15-17,22H,7H2,1-5H3/t11-,12+,13-,15-,16-,17+,20-/m1/s1. The van der Waals surface area contributed by atoms with E-state index in [0.717, 1.165) is 17.6 Å². The molecule has 2 fully saturated rings. The molecule has 3 nitrogen and oxygen atoms in total. The Morgan fingerprint density at radius 3 is 2.43 bits per heavy atom. The van der Waals surface area contributed by atoms with Gasteiger partial charge in [0.05, 0.1) is 6.10 Å². The lowest BCUT2D eigenvalue weighted by Crippen LogP contribution is -2.56. The number of allylic oxidation sites excluding steroid dienone is 3. The van der Waals surface area contributed by atoms with Crippen LogP contribution < -0.4 is 0 Å². The maximum atomic E-state index is 13.4. The molecule has 0 aromatic carbocycles. The van der Waals surface area contributed by atoms with Gasteiger partial charge < -0.3 is 5.11 Å². The van der Waals surface area contributed by atoms with Crippen LogP contribution in [0.15, 0.2) is 23.3 Å². The maximum absolute atomic E-state index is 13.4. The number of Topliss-reactive ketones (excluding diaryl/α,β-unsaturated/α-hetero) is 1. The second-order valence-electron chi connectivity index (χ2n) is 8.94. The number of carbonyl (C=O) groups is 2. The zero-order chi connectivity index (χ0) is 16.9. The molecule has 4 rings (SSSR count). The summed E-state index contributed by atoms with van der Waals surface area (Å²) in [5.41, 5.74) is 0.952. The number of aliphatic hydroxyl groups excluding tert-OH is 1. The molecular weight excluding hydrogens is 288 g/mol. The van der Waals surface area contributed by atoms with Gasteiger partial charge in [-0.05, 0) is 49.2 Å². The predicted molar refractivity (Wildman–Crippen MR) is 87.5 cm³/mol. The van der Waals surface area contributed by atoms with Gasteiger partial charge in [0.2, 0.25) is 0 Å². The zero-order valence-corrected chi connectivity index (χ0v) is 14.6. The third-order valence-electron chi connectivity index (χ3n) is 7.50. The highest BCUT2D eigenvalue weighted by Crippen LogP contribution is 2.73. The molecular formula is C20H26O3. The second-order valence-corrected chi connectivity index (χ2v) is 8.94. The van der Waals surface area contributed by atoms with E-state index in [0.29, 0.717) is 5.92 Å². The lowest BCUT2D eigenvalue weighted by molar-refractivity contribution is -0.151. The molecule has 0 amide bonds. The van der Waals surface area contributed by atoms with E-state index < -0.39 is 11.5 Å². The minimum Gasteiger partial charge on any atom is -0.388 e. The van der Waals surface area contributed by atoms with E-state index in [2.05, 4.69) is 13.8 Å². The largest absolute Gasteiger partial charge is 0.388 e. The smallest absolute Gasteiger partial charge is 0.170 e. The Balaban J connectivity index is 1.98. The molecule has 4 aliphatic rings. The molecule has 7 atom stereocenters. The van der Waals surface area contributed by atoms with Gasteiger partial charge in [-0.25, -0.2) is 0 Å². The summed E-state index contributed by atoms with van der Waals surface area (Å²) >= 11 is 0. The van der Waals surface area contributed by atoms with Crippen molar-refractivity contribution in [2.45, 2.75) is 47.1 Å². The van der Waals surface area contributed by atoms with Crippen molar-refractivity contribution < 1.29 is 14.7 Å². The van der Waals surface area contributed by atoms with E-state index in [1.807, 2.05) is 26.8 Å². The SMILES string of the molecule is CC1=C[C@H]2C(C)=CC(=O)[C@]23C(=O)[C@H](C)C[C@@H]2[C@H]([C@@H]3[C@H]1O)C2(C)C. The van der Waals surface area contributed by atoms with Crippen LogP contribution in [0, 0.1) is 40.4 Å². The van der Waals surface area contributed by atoms with Crippen LogP contribution in [0.3, 0.4) is 0 Å². The third kappa shape index (κ3) is 1.55. The number of hydrogen-bond donors (Lipinski definition) is 1. The van der Waals surface area contributed by atoms with E-state index in [4.69, 9.17) is 0 Å². The van der Waals surface area contributed by atoms with E-state index in [1.165, 1.54) is 0 Å². The van der Waals surface area contributed by atoms with Crippen molar-refractivity contribution in [2.24, 2.45) is 40.4 Å². The first kappa shape index (κ1) is 15.3. The predicted octanol–water partition coefficient (Wildman–Crippen LogP) is 2.94. The van der Waals surface area contributed by atoms with E-state index in [-0.39, 0.29) is 40.7 Å². The molecule has 0 aromatic heterocycles. The van der Waals surface area contributed by atoms with E-state index in [1.54, 1.807) is 6.08 Å². The molecule has 1 spiro atoms. The molecule has 124 valence electrons. The number of ketones is 2. The van der Waals surface area contributed by atoms with E-state index >= 15 is 0 Å². The molecule has 0 aliphatic heterocycles. The van der Waals surface area contributed by atoms with Crippen LogP contribution >= 0.6 is 0 Å². The van der Waals surface area contributed by atoms with Crippen molar-refractivity contribution in [1.29, 1.82) is 0 Å². The molecule has 23 heavy (non-hydrogen) atoms. The summed E-state index contributed by atoms with van der Waals surface area (Å²) < 4.78 is 0. The molecule has 0 saturated heterocycles. The Kier molecular flexibility index (Phi) is 2.82. The Morgan fingerprint density at radius 1 is 1.13 bits per heavy atom. The van der Waals surface area contributed by atoms with Gasteiger partial charge >= 0.3 is 0 Å². The molecule has 1 N–H and O–H groups in total. The molecule has 3 heteroatoms. The highest BCUT2D eigenvalue weighted by Gasteiger charge is 2.74. The molecule has 4 aliphatic carbocycles. The van der Waals surface area contributed by atoms with Crippen LogP contribution in [0.25, 0.3) is 0 Å². The Hall–Kier alpha value is -1.22. The Bertz CT molecular complexity index is 683. The fourth-order valence-electron chi connectivity index (χ4n) is 6.22. The Labute approximate surface area is 137 Å². The van der Waals surface area contributed by atoms with Gasteiger partial charge in [-0.3, -0.25) is 9.59 Å². The second kappa shape index (κ2) is 4.24. The van der Waals surface area contributed by atoms with Gasteiger partial charge in [0.1, 0.15) is 5.41 Å². The first-order chi connectivity index (χ1) is 10.6. The molecule has 0 aromatic rings. The van der Waals surface area contributed by atoms with Crippen LogP contribution in [0.1, 0.15) is 41.0 Å². The number of fused-ring (bicyclic) bond motifs is 2. The van der Waals surface area contributed by atoms with Crippen molar-refractivity contribution in [3.63, 3.8) is 0 Å². The third-order valence-corrected chi connectivity index (χ3v) is 7.50. The summed E-state index contributed by atoms with van der Waals surface area (Å²) in [5, 5.41) is 11.0. The zero-order valence-electron chi connectivity index (χ0n) is 14.6. The highest BCUT2D eigenvalue weighted by atomic mass is 16.3.